The van der Waals surface area contributed by atoms with Crippen LogP contribution in [-0.4, -0.2) is 23.6 Å². The van der Waals surface area contributed by atoms with Crippen molar-refractivity contribution in [2.75, 3.05) is 11.9 Å². The number of hydrogen-bond donors (Lipinski definition) is 3. The van der Waals surface area contributed by atoms with E-state index in [1.165, 1.54) is 6.07 Å². The third-order valence-corrected chi connectivity index (χ3v) is 5.31. The molecule has 9 heteroatoms. The standard InChI is InChI=1S/C25H24Cl2N2O5/c1-3-33-25(32)24(31)29-19-10-15(2)23(21(27)12-19)34-20-8-9-22(30)17(11-20)14-28-13-16-4-6-18(26)7-5-16/h4-12,28,30H,3,13-14H2,1-2H3,(H,29,31). The Labute approximate surface area is 207 Å². The smallest absolute Gasteiger partial charge is 0.397 e. The Balaban J connectivity index is 1.68. The molecule has 3 aromatic carbocycles. The second-order valence-corrected chi connectivity index (χ2v) is 8.24. The van der Waals surface area contributed by atoms with Crippen molar-refractivity contribution in [2.45, 2.75) is 26.9 Å². The Kier molecular flexibility index (Phi) is 8.76. The number of amides is 1. The van der Waals surface area contributed by atoms with Crippen molar-refractivity contribution in [2.24, 2.45) is 0 Å². The fourth-order valence-corrected chi connectivity index (χ4v) is 3.57. The minimum absolute atomic E-state index is 0.101. The highest BCUT2D eigenvalue weighted by molar-refractivity contribution is 6.37. The number of phenols is 1. The van der Waals surface area contributed by atoms with Gasteiger partial charge in [-0.25, -0.2) is 4.79 Å². The molecule has 0 radical (unpaired) electrons. The van der Waals surface area contributed by atoms with E-state index in [-0.39, 0.29) is 17.4 Å². The molecule has 3 rings (SSSR count). The lowest BCUT2D eigenvalue weighted by Gasteiger charge is -2.15. The van der Waals surface area contributed by atoms with E-state index in [4.69, 9.17) is 27.9 Å². The second-order valence-electron chi connectivity index (χ2n) is 7.40. The average Bonchev–Trinajstić information content (AvgIpc) is 2.79. The summed E-state index contributed by atoms with van der Waals surface area (Å²) >= 11 is 12.3. The van der Waals surface area contributed by atoms with Gasteiger partial charge in [0.1, 0.15) is 17.2 Å². The normalized spacial score (nSPS) is 10.6. The van der Waals surface area contributed by atoms with E-state index in [0.717, 1.165) is 5.56 Å². The van der Waals surface area contributed by atoms with Gasteiger partial charge in [-0.05, 0) is 67.4 Å². The van der Waals surface area contributed by atoms with Crippen LogP contribution in [0.4, 0.5) is 5.69 Å². The number of halogens is 2. The van der Waals surface area contributed by atoms with E-state index in [2.05, 4.69) is 15.4 Å². The summed E-state index contributed by atoms with van der Waals surface area (Å²) in [6, 6.07) is 15.5. The largest absolute Gasteiger partial charge is 0.508 e. The highest BCUT2D eigenvalue weighted by Gasteiger charge is 2.17. The van der Waals surface area contributed by atoms with Crippen LogP contribution in [0.3, 0.4) is 0 Å². The van der Waals surface area contributed by atoms with Crippen molar-refractivity contribution >= 4 is 40.8 Å². The van der Waals surface area contributed by atoms with Crippen LogP contribution in [0.2, 0.25) is 10.0 Å². The van der Waals surface area contributed by atoms with Gasteiger partial charge in [-0.1, -0.05) is 35.3 Å². The van der Waals surface area contributed by atoms with Gasteiger partial charge in [-0.15, -0.1) is 0 Å². The molecule has 178 valence electrons. The van der Waals surface area contributed by atoms with E-state index in [0.29, 0.717) is 46.4 Å². The van der Waals surface area contributed by atoms with Crippen LogP contribution in [0.25, 0.3) is 0 Å². The van der Waals surface area contributed by atoms with Gasteiger partial charge in [-0.3, -0.25) is 4.79 Å². The summed E-state index contributed by atoms with van der Waals surface area (Å²) in [4.78, 5) is 23.4. The molecule has 0 heterocycles. The van der Waals surface area contributed by atoms with E-state index in [1.807, 2.05) is 24.3 Å². The van der Waals surface area contributed by atoms with Gasteiger partial charge in [-0.2, -0.15) is 0 Å². The van der Waals surface area contributed by atoms with Crippen LogP contribution < -0.4 is 15.4 Å². The number of rotatable bonds is 8. The lowest BCUT2D eigenvalue weighted by Crippen LogP contribution is -2.25. The quantitative estimate of drug-likeness (QED) is 0.274. The average molecular weight is 503 g/mol. The number of benzene rings is 3. The highest BCUT2D eigenvalue weighted by Crippen LogP contribution is 2.36. The van der Waals surface area contributed by atoms with Crippen LogP contribution >= 0.6 is 23.2 Å². The minimum atomic E-state index is -0.974. The molecule has 34 heavy (non-hydrogen) atoms. The van der Waals surface area contributed by atoms with E-state index in [1.54, 1.807) is 38.1 Å². The zero-order chi connectivity index (χ0) is 24.7. The number of nitrogens with one attached hydrogen (secondary N) is 2. The van der Waals surface area contributed by atoms with Gasteiger partial charge in [0.2, 0.25) is 0 Å². The Hall–Kier alpha value is -3.26. The number of anilines is 1. The molecular weight excluding hydrogens is 479 g/mol. The predicted octanol–water partition coefficient (Wildman–Crippen LogP) is 5.59. The number of carbonyl (C=O) groups is 2. The summed E-state index contributed by atoms with van der Waals surface area (Å²) in [5.41, 5.74) is 2.69. The molecule has 7 nitrogen and oxygen atoms in total. The molecule has 0 saturated carbocycles. The first-order chi connectivity index (χ1) is 16.3. The van der Waals surface area contributed by atoms with E-state index >= 15 is 0 Å². The summed E-state index contributed by atoms with van der Waals surface area (Å²) in [5.74, 6) is -0.857. The van der Waals surface area contributed by atoms with Crippen molar-refractivity contribution in [1.29, 1.82) is 0 Å². The maximum atomic E-state index is 11.9. The number of ether oxygens (including phenoxy) is 2. The zero-order valence-electron chi connectivity index (χ0n) is 18.7. The van der Waals surface area contributed by atoms with Gasteiger partial charge in [0.25, 0.3) is 0 Å². The van der Waals surface area contributed by atoms with Crippen molar-refractivity contribution in [1.82, 2.24) is 5.32 Å². The summed E-state index contributed by atoms with van der Waals surface area (Å²) < 4.78 is 10.6. The van der Waals surface area contributed by atoms with Crippen LogP contribution in [0.1, 0.15) is 23.6 Å². The number of carbonyl (C=O) groups excluding carboxylic acids is 2. The highest BCUT2D eigenvalue weighted by atomic mass is 35.5. The van der Waals surface area contributed by atoms with Crippen LogP contribution in [0, 0.1) is 6.92 Å². The van der Waals surface area contributed by atoms with Crippen LogP contribution in [0.5, 0.6) is 17.2 Å². The number of aromatic hydroxyl groups is 1. The first-order valence-corrected chi connectivity index (χ1v) is 11.3. The summed E-state index contributed by atoms with van der Waals surface area (Å²) in [5, 5.41) is 16.9. The van der Waals surface area contributed by atoms with Crippen molar-refractivity contribution in [3.63, 3.8) is 0 Å². The van der Waals surface area contributed by atoms with Crippen molar-refractivity contribution < 1.29 is 24.2 Å². The lowest BCUT2D eigenvalue weighted by molar-refractivity contribution is -0.152. The Bertz CT molecular complexity index is 1160. The van der Waals surface area contributed by atoms with Gasteiger partial charge in [0.15, 0.2) is 0 Å². The molecule has 0 aliphatic heterocycles. The lowest BCUT2D eigenvalue weighted by atomic mass is 10.1. The molecular formula is C25H24Cl2N2O5. The summed E-state index contributed by atoms with van der Waals surface area (Å²) in [6.07, 6.45) is 0. The molecule has 0 unspecified atom stereocenters. The van der Waals surface area contributed by atoms with Crippen LogP contribution in [0.15, 0.2) is 54.6 Å². The molecule has 0 aromatic heterocycles. The van der Waals surface area contributed by atoms with Crippen molar-refractivity contribution in [3.8, 4) is 17.2 Å². The number of phenolic OH excluding ortho intramolecular Hbond substituents is 1. The predicted molar refractivity (Wildman–Crippen MR) is 132 cm³/mol. The first kappa shape index (κ1) is 25.4. The molecule has 0 bridgehead atoms. The van der Waals surface area contributed by atoms with E-state index in [9.17, 15) is 14.7 Å². The third kappa shape index (κ3) is 6.87. The molecule has 1 amide bonds. The number of aryl methyl sites for hydroxylation is 1. The van der Waals surface area contributed by atoms with Crippen molar-refractivity contribution in [3.05, 3.63) is 81.3 Å². The molecule has 0 aliphatic carbocycles. The number of hydrogen-bond acceptors (Lipinski definition) is 6. The molecule has 0 atom stereocenters. The Morgan fingerprint density at radius 3 is 2.41 bits per heavy atom. The minimum Gasteiger partial charge on any atom is -0.508 e. The van der Waals surface area contributed by atoms with Gasteiger partial charge in [0, 0.05) is 29.4 Å². The van der Waals surface area contributed by atoms with Gasteiger partial charge >= 0.3 is 11.9 Å². The third-order valence-electron chi connectivity index (χ3n) is 4.78. The maximum absolute atomic E-state index is 11.9. The molecule has 0 aliphatic rings. The molecule has 0 spiro atoms. The first-order valence-electron chi connectivity index (χ1n) is 10.5. The monoisotopic (exact) mass is 502 g/mol. The van der Waals surface area contributed by atoms with Gasteiger partial charge < -0.3 is 25.2 Å². The summed E-state index contributed by atoms with van der Waals surface area (Å²) in [6.45, 7) is 4.49. The Morgan fingerprint density at radius 2 is 1.74 bits per heavy atom. The second kappa shape index (κ2) is 11.7. The van der Waals surface area contributed by atoms with Crippen LogP contribution in [-0.2, 0) is 27.4 Å². The summed E-state index contributed by atoms with van der Waals surface area (Å²) in [7, 11) is 0. The molecule has 3 N–H and O–H groups in total. The number of esters is 1. The zero-order valence-corrected chi connectivity index (χ0v) is 20.2. The fraction of sp³-hybridized carbons (Fsp3) is 0.200. The maximum Gasteiger partial charge on any atom is 0.397 e. The molecule has 0 fully saturated rings. The molecule has 3 aromatic rings. The van der Waals surface area contributed by atoms with E-state index < -0.39 is 11.9 Å². The SMILES string of the molecule is CCOC(=O)C(=O)Nc1cc(C)c(Oc2ccc(O)c(CNCc3ccc(Cl)cc3)c2)c(Cl)c1. The topological polar surface area (TPSA) is 96.9 Å². The fourth-order valence-electron chi connectivity index (χ4n) is 3.14. The molecule has 0 saturated heterocycles. The Morgan fingerprint density at radius 1 is 1.00 bits per heavy atom. The van der Waals surface area contributed by atoms with Gasteiger partial charge in [0.05, 0.1) is 11.6 Å².